The number of morpholine rings is 1. The molecule has 1 saturated heterocycles. The number of carbonyl (C=O) groups excluding carboxylic acids is 1. The van der Waals surface area contributed by atoms with E-state index in [-0.39, 0.29) is 5.91 Å². The molecular formula is C19H20N4O3. The van der Waals surface area contributed by atoms with Crippen LogP contribution in [-0.4, -0.2) is 59.0 Å². The van der Waals surface area contributed by atoms with Crippen LogP contribution in [0.3, 0.4) is 0 Å². The summed E-state index contributed by atoms with van der Waals surface area (Å²) in [6.07, 6.45) is 1.70. The molecule has 134 valence electrons. The zero-order chi connectivity index (χ0) is 18.1. The third-order valence-electron chi connectivity index (χ3n) is 4.60. The van der Waals surface area contributed by atoms with Gasteiger partial charge in [0.2, 0.25) is 0 Å². The fourth-order valence-electron chi connectivity index (χ4n) is 3.16. The maximum atomic E-state index is 13.1. The lowest BCUT2D eigenvalue weighted by molar-refractivity contribution is 0.0304. The Bertz CT molecular complexity index is 961. The molecule has 1 aromatic carbocycles. The maximum Gasteiger partial charge on any atom is 0.254 e. The molecule has 0 saturated carbocycles. The van der Waals surface area contributed by atoms with Gasteiger partial charge < -0.3 is 14.4 Å². The zero-order valence-electron chi connectivity index (χ0n) is 14.8. The lowest BCUT2D eigenvalue weighted by Crippen LogP contribution is -2.40. The molecule has 1 aliphatic heterocycles. The van der Waals surface area contributed by atoms with Gasteiger partial charge in [0.25, 0.3) is 5.91 Å². The van der Waals surface area contributed by atoms with Crippen LogP contribution in [0.15, 0.2) is 36.5 Å². The number of carbonyl (C=O) groups is 1. The number of fused-ring (bicyclic) bond motifs is 1. The minimum absolute atomic E-state index is 0.0159. The Hall–Kier alpha value is -2.93. The Balaban J connectivity index is 1.84. The van der Waals surface area contributed by atoms with Gasteiger partial charge in [-0.2, -0.15) is 5.10 Å². The van der Waals surface area contributed by atoms with Crippen molar-refractivity contribution in [2.75, 3.05) is 33.4 Å². The molecule has 0 bridgehead atoms. The lowest BCUT2D eigenvalue weighted by atomic mass is 10.1. The van der Waals surface area contributed by atoms with E-state index in [1.807, 2.05) is 42.3 Å². The van der Waals surface area contributed by atoms with Crippen LogP contribution in [0.5, 0.6) is 5.75 Å². The fourth-order valence-corrected chi connectivity index (χ4v) is 3.16. The monoisotopic (exact) mass is 352 g/mol. The second-order valence-electron chi connectivity index (χ2n) is 6.20. The molecule has 0 N–H and O–H groups in total. The minimum atomic E-state index is -0.0159. The second-order valence-corrected chi connectivity index (χ2v) is 6.20. The van der Waals surface area contributed by atoms with E-state index in [2.05, 4.69) is 5.10 Å². The largest absolute Gasteiger partial charge is 0.497 e. The van der Waals surface area contributed by atoms with Crippen molar-refractivity contribution in [2.24, 2.45) is 7.05 Å². The third kappa shape index (κ3) is 2.90. The van der Waals surface area contributed by atoms with Crippen LogP contribution in [0.25, 0.3) is 22.3 Å². The molecule has 26 heavy (non-hydrogen) atoms. The number of pyridine rings is 1. The molecule has 0 radical (unpaired) electrons. The van der Waals surface area contributed by atoms with Crippen molar-refractivity contribution in [3.63, 3.8) is 0 Å². The SMILES string of the molecule is COc1cccc(-c2cc(C(=O)N3CCOCC3)c3cnn(C)c3n2)c1. The van der Waals surface area contributed by atoms with Gasteiger partial charge in [0.15, 0.2) is 5.65 Å². The van der Waals surface area contributed by atoms with Gasteiger partial charge >= 0.3 is 0 Å². The number of ether oxygens (including phenoxy) is 2. The molecule has 1 fully saturated rings. The number of nitrogens with zero attached hydrogens (tertiary/aromatic N) is 4. The van der Waals surface area contributed by atoms with E-state index in [4.69, 9.17) is 14.5 Å². The van der Waals surface area contributed by atoms with E-state index in [1.54, 1.807) is 18.0 Å². The van der Waals surface area contributed by atoms with Gasteiger partial charge in [-0.3, -0.25) is 9.48 Å². The molecule has 4 rings (SSSR count). The summed E-state index contributed by atoms with van der Waals surface area (Å²) in [5, 5.41) is 5.05. The van der Waals surface area contributed by atoms with Crippen molar-refractivity contribution in [1.82, 2.24) is 19.7 Å². The predicted octanol–water partition coefficient (Wildman–Crippen LogP) is 2.12. The average molecular weight is 352 g/mol. The van der Waals surface area contributed by atoms with Crippen molar-refractivity contribution in [2.45, 2.75) is 0 Å². The van der Waals surface area contributed by atoms with E-state index in [9.17, 15) is 4.79 Å². The van der Waals surface area contributed by atoms with Crippen molar-refractivity contribution in [3.05, 3.63) is 42.1 Å². The first-order chi connectivity index (χ1) is 12.7. The average Bonchev–Trinajstić information content (AvgIpc) is 3.08. The highest BCUT2D eigenvalue weighted by molar-refractivity contribution is 6.06. The minimum Gasteiger partial charge on any atom is -0.497 e. The van der Waals surface area contributed by atoms with E-state index < -0.39 is 0 Å². The number of methoxy groups -OCH3 is 1. The third-order valence-corrected chi connectivity index (χ3v) is 4.60. The van der Waals surface area contributed by atoms with Crippen LogP contribution in [0, 0.1) is 0 Å². The molecule has 3 aromatic rings. The van der Waals surface area contributed by atoms with Crippen molar-refractivity contribution in [1.29, 1.82) is 0 Å². The van der Waals surface area contributed by atoms with Gasteiger partial charge in [-0.1, -0.05) is 12.1 Å². The number of amides is 1. The van der Waals surface area contributed by atoms with Crippen LogP contribution in [0.2, 0.25) is 0 Å². The molecular weight excluding hydrogens is 332 g/mol. The highest BCUT2D eigenvalue weighted by Gasteiger charge is 2.23. The summed E-state index contributed by atoms with van der Waals surface area (Å²) in [7, 11) is 3.46. The lowest BCUT2D eigenvalue weighted by Gasteiger charge is -2.27. The number of aryl methyl sites for hydroxylation is 1. The van der Waals surface area contributed by atoms with Gasteiger partial charge in [-0.15, -0.1) is 0 Å². The van der Waals surface area contributed by atoms with Gasteiger partial charge in [-0.25, -0.2) is 4.98 Å². The molecule has 7 nitrogen and oxygen atoms in total. The van der Waals surface area contributed by atoms with Crippen LogP contribution >= 0.6 is 0 Å². The Morgan fingerprint density at radius 1 is 1.23 bits per heavy atom. The van der Waals surface area contributed by atoms with Crippen LogP contribution in [-0.2, 0) is 11.8 Å². The highest BCUT2D eigenvalue weighted by Crippen LogP contribution is 2.27. The van der Waals surface area contributed by atoms with Crippen molar-refractivity contribution in [3.8, 4) is 17.0 Å². The summed E-state index contributed by atoms with van der Waals surface area (Å²) in [4.78, 5) is 19.6. The summed E-state index contributed by atoms with van der Waals surface area (Å²) in [6, 6.07) is 9.50. The Kier molecular flexibility index (Phi) is 4.30. The highest BCUT2D eigenvalue weighted by atomic mass is 16.5. The van der Waals surface area contributed by atoms with Gasteiger partial charge in [0.1, 0.15) is 5.75 Å². The van der Waals surface area contributed by atoms with E-state index in [0.717, 1.165) is 22.4 Å². The molecule has 1 aliphatic rings. The molecule has 0 spiro atoms. The predicted molar refractivity (Wildman–Crippen MR) is 97.2 cm³/mol. The van der Waals surface area contributed by atoms with Gasteiger partial charge in [-0.05, 0) is 18.2 Å². The standard InChI is InChI=1S/C19H20N4O3/c1-22-18-16(12-20-22)15(19(24)23-6-8-26-9-7-23)11-17(21-18)13-4-3-5-14(10-13)25-2/h3-5,10-12H,6-9H2,1-2H3. The molecule has 3 heterocycles. The number of aromatic nitrogens is 3. The fraction of sp³-hybridized carbons (Fsp3) is 0.316. The molecule has 0 aliphatic carbocycles. The van der Waals surface area contributed by atoms with E-state index >= 15 is 0 Å². The molecule has 0 atom stereocenters. The first-order valence-corrected chi connectivity index (χ1v) is 8.51. The number of benzene rings is 1. The number of hydrogen-bond donors (Lipinski definition) is 0. The molecule has 0 unspecified atom stereocenters. The second kappa shape index (κ2) is 6.76. The smallest absolute Gasteiger partial charge is 0.254 e. The summed E-state index contributed by atoms with van der Waals surface area (Å²) in [5.74, 6) is 0.730. The molecule has 7 heteroatoms. The van der Waals surface area contributed by atoms with Crippen molar-refractivity contribution >= 4 is 16.9 Å². The summed E-state index contributed by atoms with van der Waals surface area (Å²) in [6.45, 7) is 2.32. The maximum absolute atomic E-state index is 13.1. The Morgan fingerprint density at radius 2 is 2.04 bits per heavy atom. The first-order valence-electron chi connectivity index (χ1n) is 8.51. The van der Waals surface area contributed by atoms with Gasteiger partial charge in [0, 0.05) is 25.7 Å². The quantitative estimate of drug-likeness (QED) is 0.722. The summed E-state index contributed by atoms with van der Waals surface area (Å²) >= 11 is 0. The zero-order valence-corrected chi connectivity index (χ0v) is 14.8. The van der Waals surface area contributed by atoms with Crippen LogP contribution < -0.4 is 4.74 Å². The number of hydrogen-bond acceptors (Lipinski definition) is 5. The topological polar surface area (TPSA) is 69.5 Å². The first kappa shape index (κ1) is 16.5. The van der Waals surface area contributed by atoms with Gasteiger partial charge in [0.05, 0.1) is 43.2 Å². The van der Waals surface area contributed by atoms with E-state index in [0.29, 0.717) is 37.5 Å². The molecule has 2 aromatic heterocycles. The van der Waals surface area contributed by atoms with Crippen molar-refractivity contribution < 1.29 is 14.3 Å². The molecule has 1 amide bonds. The normalized spacial score (nSPS) is 14.6. The van der Waals surface area contributed by atoms with E-state index in [1.165, 1.54) is 0 Å². The summed E-state index contributed by atoms with van der Waals surface area (Å²) in [5.41, 5.74) is 2.91. The summed E-state index contributed by atoms with van der Waals surface area (Å²) < 4.78 is 12.4. The van der Waals surface area contributed by atoms with Crippen LogP contribution in [0.1, 0.15) is 10.4 Å². The van der Waals surface area contributed by atoms with Crippen LogP contribution in [0.4, 0.5) is 0 Å². The Labute approximate surface area is 151 Å². The number of rotatable bonds is 3. The Morgan fingerprint density at radius 3 is 2.81 bits per heavy atom.